The Hall–Kier alpha value is -3.15. The number of benzene rings is 2. The summed E-state index contributed by atoms with van der Waals surface area (Å²) in [4.78, 5) is 12.3. The number of aromatic hydroxyl groups is 1. The van der Waals surface area contributed by atoms with Crippen LogP contribution in [0.5, 0.6) is 11.6 Å². The predicted molar refractivity (Wildman–Crippen MR) is 98.2 cm³/mol. The summed E-state index contributed by atoms with van der Waals surface area (Å²) in [5.41, 5.74) is 1.62. The zero-order valence-corrected chi connectivity index (χ0v) is 14.4. The van der Waals surface area contributed by atoms with Crippen molar-refractivity contribution in [1.82, 2.24) is 4.57 Å². The van der Waals surface area contributed by atoms with Crippen LogP contribution in [0.4, 0.5) is 5.69 Å². The fourth-order valence-electron chi connectivity index (χ4n) is 3.02. The fraction of sp³-hybridized carbons (Fsp3) is 0.250. The monoisotopic (exact) mass is 349 g/mol. The van der Waals surface area contributed by atoms with Gasteiger partial charge in [-0.25, -0.2) is 0 Å². The third-order valence-electron chi connectivity index (χ3n) is 4.61. The molecule has 1 saturated carbocycles. The average Bonchev–Trinajstić information content (AvgIpc) is 3.46. The van der Waals surface area contributed by atoms with Crippen LogP contribution in [0.15, 0.2) is 58.8 Å². The number of hydrogen-bond donors (Lipinski definition) is 1. The second-order valence-electron chi connectivity index (χ2n) is 6.48. The molecule has 3 aromatic rings. The molecular weight excluding hydrogens is 330 g/mol. The Morgan fingerprint density at radius 3 is 2.81 bits per heavy atom. The molecular formula is C20H19N3O3. The molecule has 26 heavy (non-hydrogen) atoms. The number of methoxy groups -OCH3 is 1. The normalized spacial score (nSPS) is 14.2. The molecule has 0 bridgehead atoms. The van der Waals surface area contributed by atoms with Crippen LogP contribution in [0, 0.1) is 5.92 Å². The summed E-state index contributed by atoms with van der Waals surface area (Å²) in [6.45, 7) is 0.756. The number of ether oxygens (including phenoxy) is 1. The minimum absolute atomic E-state index is 0.0558. The number of rotatable bonds is 5. The zero-order valence-electron chi connectivity index (χ0n) is 14.4. The van der Waals surface area contributed by atoms with E-state index in [2.05, 4.69) is 10.2 Å². The molecule has 0 atom stereocenters. The maximum absolute atomic E-state index is 12.3. The number of hydrogen-bond acceptors (Lipinski definition) is 4. The first-order valence-corrected chi connectivity index (χ1v) is 8.57. The van der Waals surface area contributed by atoms with Gasteiger partial charge in [-0.1, -0.05) is 24.3 Å². The maximum atomic E-state index is 12.3. The van der Waals surface area contributed by atoms with Gasteiger partial charge in [0.1, 0.15) is 5.75 Å². The van der Waals surface area contributed by atoms with E-state index in [9.17, 15) is 9.90 Å². The predicted octanol–water partition coefficient (Wildman–Crippen LogP) is 4.69. The largest absolute Gasteiger partial charge is 0.497 e. The van der Waals surface area contributed by atoms with E-state index in [1.54, 1.807) is 24.3 Å². The summed E-state index contributed by atoms with van der Waals surface area (Å²) >= 11 is 0. The Kier molecular flexibility index (Phi) is 4.16. The summed E-state index contributed by atoms with van der Waals surface area (Å²) in [5.74, 6) is 0.748. The van der Waals surface area contributed by atoms with Crippen LogP contribution in [0.25, 0.3) is 10.9 Å². The Bertz CT molecular complexity index is 1000. The maximum Gasteiger partial charge on any atom is 0.295 e. The van der Waals surface area contributed by atoms with Crippen molar-refractivity contribution in [3.63, 3.8) is 0 Å². The number of carbonyl (C=O) groups is 1. The molecule has 1 aromatic heterocycles. The fourth-order valence-corrected chi connectivity index (χ4v) is 3.02. The molecule has 0 unspecified atom stereocenters. The zero-order chi connectivity index (χ0) is 18.1. The summed E-state index contributed by atoms with van der Waals surface area (Å²) in [6, 6.07) is 14.4. The van der Waals surface area contributed by atoms with Gasteiger partial charge in [0.2, 0.25) is 5.88 Å². The van der Waals surface area contributed by atoms with Crippen LogP contribution >= 0.6 is 0 Å². The van der Waals surface area contributed by atoms with Gasteiger partial charge < -0.3 is 14.4 Å². The molecule has 2 aromatic carbocycles. The molecule has 1 aliphatic carbocycles. The second-order valence-corrected chi connectivity index (χ2v) is 6.48. The quantitative estimate of drug-likeness (QED) is 0.679. The number of fused-ring (bicyclic) bond motifs is 1. The lowest BCUT2D eigenvalue weighted by Crippen LogP contribution is -1.98. The summed E-state index contributed by atoms with van der Waals surface area (Å²) in [7, 11) is 1.54. The first-order valence-electron chi connectivity index (χ1n) is 8.57. The van der Waals surface area contributed by atoms with Gasteiger partial charge in [-0.2, -0.15) is 0 Å². The van der Waals surface area contributed by atoms with E-state index in [-0.39, 0.29) is 5.88 Å². The molecule has 0 aliphatic heterocycles. The molecule has 1 heterocycles. The summed E-state index contributed by atoms with van der Waals surface area (Å²) < 4.78 is 6.98. The van der Waals surface area contributed by atoms with E-state index in [1.165, 1.54) is 20.0 Å². The highest BCUT2D eigenvalue weighted by Crippen LogP contribution is 2.41. The van der Waals surface area contributed by atoms with Gasteiger partial charge in [0.25, 0.3) is 5.91 Å². The van der Waals surface area contributed by atoms with E-state index in [1.807, 2.05) is 28.8 Å². The van der Waals surface area contributed by atoms with Crippen LogP contribution in [0.3, 0.4) is 0 Å². The van der Waals surface area contributed by atoms with Crippen molar-refractivity contribution in [2.45, 2.75) is 19.4 Å². The number of aromatic nitrogens is 1. The van der Waals surface area contributed by atoms with E-state index in [0.717, 1.165) is 17.4 Å². The highest BCUT2D eigenvalue weighted by atomic mass is 16.5. The number of nitrogens with zero attached hydrogens (tertiary/aromatic N) is 3. The smallest absolute Gasteiger partial charge is 0.295 e. The second kappa shape index (κ2) is 6.63. The number of carbonyl (C=O) groups excluding carboxylic acids is 1. The lowest BCUT2D eigenvalue weighted by atomic mass is 10.2. The highest BCUT2D eigenvalue weighted by molar-refractivity contribution is 5.97. The van der Waals surface area contributed by atoms with Crippen molar-refractivity contribution in [3.8, 4) is 11.6 Å². The lowest BCUT2D eigenvalue weighted by Gasteiger charge is -2.04. The van der Waals surface area contributed by atoms with Crippen molar-refractivity contribution in [2.75, 3.05) is 7.11 Å². The molecule has 1 aliphatic rings. The van der Waals surface area contributed by atoms with Crippen LogP contribution < -0.4 is 4.74 Å². The Morgan fingerprint density at radius 1 is 1.23 bits per heavy atom. The standard InChI is InChI=1S/C20H19N3O3/c1-26-15-6-4-5-14(11-15)19(24)22-21-18-16-7-2-3-8-17(16)23(20(18)25)12-13-9-10-13/h2-8,11,13,25H,9-10,12H2,1H3. The minimum Gasteiger partial charge on any atom is -0.497 e. The van der Waals surface area contributed by atoms with Crippen molar-refractivity contribution in [1.29, 1.82) is 0 Å². The summed E-state index contributed by atoms with van der Waals surface area (Å²) in [6.07, 6.45) is 2.36. The molecule has 1 N–H and O–H groups in total. The Morgan fingerprint density at radius 2 is 2.04 bits per heavy atom. The van der Waals surface area contributed by atoms with Crippen molar-refractivity contribution < 1.29 is 14.6 Å². The molecule has 0 spiro atoms. The van der Waals surface area contributed by atoms with Crippen molar-refractivity contribution >= 4 is 22.5 Å². The molecule has 6 heteroatoms. The number of amides is 1. The number of para-hydroxylation sites is 1. The van der Waals surface area contributed by atoms with E-state index >= 15 is 0 Å². The number of azo groups is 1. The molecule has 1 fully saturated rings. The lowest BCUT2D eigenvalue weighted by molar-refractivity contribution is 0.0994. The minimum atomic E-state index is -0.484. The van der Waals surface area contributed by atoms with Gasteiger partial charge in [0.15, 0.2) is 5.69 Å². The van der Waals surface area contributed by atoms with Gasteiger partial charge in [-0.15, -0.1) is 10.2 Å². The van der Waals surface area contributed by atoms with Crippen LogP contribution in [-0.4, -0.2) is 22.7 Å². The third-order valence-corrected chi connectivity index (χ3v) is 4.61. The third kappa shape index (κ3) is 3.06. The topological polar surface area (TPSA) is 76.2 Å². The van der Waals surface area contributed by atoms with Gasteiger partial charge in [-0.3, -0.25) is 4.79 Å². The SMILES string of the molecule is COc1cccc(C(=O)N=Nc2c(O)n(CC3CC3)c3ccccc23)c1. The van der Waals surface area contributed by atoms with Gasteiger partial charge >= 0.3 is 0 Å². The van der Waals surface area contributed by atoms with Gasteiger partial charge in [-0.05, 0) is 43.0 Å². The van der Waals surface area contributed by atoms with Gasteiger partial charge in [0, 0.05) is 17.5 Å². The summed E-state index contributed by atoms with van der Waals surface area (Å²) in [5, 5.41) is 19.3. The van der Waals surface area contributed by atoms with E-state index < -0.39 is 5.91 Å². The first kappa shape index (κ1) is 16.3. The van der Waals surface area contributed by atoms with Crippen molar-refractivity contribution in [3.05, 3.63) is 54.1 Å². The first-order chi connectivity index (χ1) is 12.7. The van der Waals surface area contributed by atoms with Gasteiger partial charge in [0.05, 0.1) is 12.6 Å². The molecule has 0 saturated heterocycles. The van der Waals surface area contributed by atoms with E-state index in [4.69, 9.17) is 4.74 Å². The molecule has 132 valence electrons. The molecule has 4 rings (SSSR count). The highest BCUT2D eigenvalue weighted by Gasteiger charge is 2.25. The van der Waals surface area contributed by atoms with E-state index in [0.29, 0.717) is 22.9 Å². The Balaban J connectivity index is 1.69. The van der Waals surface area contributed by atoms with Crippen LogP contribution in [0.2, 0.25) is 0 Å². The van der Waals surface area contributed by atoms with Crippen LogP contribution in [-0.2, 0) is 6.54 Å². The molecule has 0 radical (unpaired) electrons. The van der Waals surface area contributed by atoms with Crippen molar-refractivity contribution in [2.24, 2.45) is 16.1 Å². The van der Waals surface area contributed by atoms with Crippen LogP contribution in [0.1, 0.15) is 23.2 Å². The Labute approximate surface area is 150 Å². The molecule has 6 nitrogen and oxygen atoms in total. The molecule has 1 amide bonds. The average molecular weight is 349 g/mol.